The van der Waals surface area contributed by atoms with Gasteiger partial charge in [0, 0.05) is 6.07 Å². The molecule has 45 heavy (non-hydrogen) atoms. The average molecular weight is 621 g/mol. The maximum atomic E-state index is 6.26. The molecule has 4 heteroatoms. The van der Waals surface area contributed by atoms with Gasteiger partial charge in [-0.15, -0.1) is 5.11 Å². The fraction of sp³-hybridized carbons (Fsp3) is 0.707. The quantitative estimate of drug-likeness (QED) is 0.0644. The summed E-state index contributed by atoms with van der Waals surface area (Å²) in [5.41, 5.74) is 2.82. The van der Waals surface area contributed by atoms with Crippen molar-refractivity contribution in [3.8, 4) is 11.5 Å². The second-order valence-electron chi connectivity index (χ2n) is 13.1. The predicted octanol–water partition coefficient (Wildman–Crippen LogP) is 14.6. The summed E-state index contributed by atoms with van der Waals surface area (Å²) in [6, 6.07) is 14.1. The molecule has 0 saturated carbocycles. The van der Waals surface area contributed by atoms with Crippen LogP contribution < -0.4 is 9.47 Å². The summed E-state index contributed by atoms with van der Waals surface area (Å²) in [6.07, 6.45) is 32.3. The number of nitrogens with zero attached hydrogens (tertiary/aromatic N) is 2. The first-order valence-corrected chi connectivity index (χ1v) is 19.1. The fourth-order valence-electron chi connectivity index (χ4n) is 5.76. The second kappa shape index (κ2) is 27.9. The number of azo groups is 1. The maximum absolute atomic E-state index is 6.26. The minimum Gasteiger partial charge on any atom is -0.493 e. The van der Waals surface area contributed by atoms with E-state index in [-0.39, 0.29) is 0 Å². The lowest BCUT2D eigenvalue weighted by molar-refractivity contribution is 0.290. The van der Waals surface area contributed by atoms with E-state index in [1.165, 1.54) is 147 Å². The van der Waals surface area contributed by atoms with E-state index in [4.69, 9.17) is 9.47 Å². The number of benzene rings is 2. The Hall–Kier alpha value is -2.36. The van der Waals surface area contributed by atoms with Gasteiger partial charge in [-0.2, -0.15) is 5.11 Å². The van der Waals surface area contributed by atoms with Crippen LogP contribution in [0.25, 0.3) is 0 Å². The highest BCUT2D eigenvalue weighted by Crippen LogP contribution is 2.33. The first kappa shape index (κ1) is 38.8. The predicted molar refractivity (Wildman–Crippen MR) is 195 cm³/mol. The molecule has 0 radical (unpaired) electrons. The highest BCUT2D eigenvalue weighted by Gasteiger charge is 2.07. The number of aryl methyl sites for hydroxylation is 1. The summed E-state index contributed by atoms with van der Waals surface area (Å²) in [5, 5.41) is 9.01. The largest absolute Gasteiger partial charge is 0.493 e. The van der Waals surface area contributed by atoms with E-state index in [2.05, 4.69) is 43.1 Å². The third-order valence-electron chi connectivity index (χ3n) is 8.76. The third kappa shape index (κ3) is 21.1. The maximum Gasteiger partial charge on any atom is 0.150 e. The molecule has 0 aromatic heterocycles. The van der Waals surface area contributed by atoms with Crippen LogP contribution in [-0.4, -0.2) is 13.2 Å². The number of hydrogen-bond donors (Lipinski definition) is 0. The normalized spacial score (nSPS) is 11.4. The topological polar surface area (TPSA) is 43.2 Å². The van der Waals surface area contributed by atoms with E-state index in [0.717, 1.165) is 42.3 Å². The van der Waals surface area contributed by atoms with Gasteiger partial charge in [0.25, 0.3) is 0 Å². The molecule has 0 aliphatic heterocycles. The summed E-state index contributed by atoms with van der Waals surface area (Å²) in [5.74, 6) is 1.62. The molecule has 4 nitrogen and oxygen atoms in total. The molecule has 0 unspecified atom stereocenters. The fourth-order valence-corrected chi connectivity index (χ4v) is 5.76. The molecule has 0 atom stereocenters. The number of ether oxygens (including phenoxy) is 2. The molecule has 0 aliphatic carbocycles. The Labute approximate surface area is 278 Å². The molecule has 0 bridgehead atoms. The van der Waals surface area contributed by atoms with Crippen LogP contribution in [0.2, 0.25) is 0 Å². The zero-order chi connectivity index (χ0) is 32.0. The van der Waals surface area contributed by atoms with Gasteiger partial charge in [-0.25, -0.2) is 0 Å². The molecule has 0 N–H and O–H groups in total. The average Bonchev–Trinajstić information content (AvgIpc) is 3.05. The Balaban J connectivity index is 1.68. The Morgan fingerprint density at radius 3 is 1.33 bits per heavy atom. The van der Waals surface area contributed by atoms with Gasteiger partial charge in [0.2, 0.25) is 0 Å². The molecule has 0 fully saturated rings. The van der Waals surface area contributed by atoms with Crippen molar-refractivity contribution in [1.82, 2.24) is 0 Å². The van der Waals surface area contributed by atoms with Gasteiger partial charge < -0.3 is 9.47 Å². The lowest BCUT2D eigenvalue weighted by Gasteiger charge is -2.12. The number of hydrogen-bond acceptors (Lipinski definition) is 4. The standard InChI is InChI=1S/C41H68N2O2/c1-4-6-8-10-12-14-16-18-20-22-24-26-34-44-39-32-33-40(43-42-38-30-28-37(3)29-31-38)41(36-39)45-35-27-25-23-21-19-17-15-13-11-9-7-5-2/h28-33,36H,4-27,34-35H2,1-3H3. The van der Waals surface area contributed by atoms with E-state index in [0.29, 0.717) is 6.61 Å². The highest BCUT2D eigenvalue weighted by atomic mass is 16.5. The van der Waals surface area contributed by atoms with E-state index >= 15 is 0 Å². The number of rotatable bonds is 30. The van der Waals surface area contributed by atoms with E-state index in [9.17, 15) is 0 Å². The van der Waals surface area contributed by atoms with Gasteiger partial charge in [-0.3, -0.25) is 0 Å². The Bertz CT molecular complexity index is 972. The Kier molecular flexibility index (Phi) is 24.1. The molecule has 0 spiro atoms. The minimum absolute atomic E-state index is 0.701. The Morgan fingerprint density at radius 1 is 0.444 bits per heavy atom. The van der Waals surface area contributed by atoms with Crippen LogP contribution in [0.15, 0.2) is 52.7 Å². The second-order valence-corrected chi connectivity index (χ2v) is 13.1. The van der Waals surface area contributed by atoms with Crippen molar-refractivity contribution in [2.24, 2.45) is 10.2 Å². The highest BCUT2D eigenvalue weighted by molar-refractivity contribution is 5.55. The lowest BCUT2D eigenvalue weighted by atomic mass is 10.1. The van der Waals surface area contributed by atoms with Crippen LogP contribution >= 0.6 is 0 Å². The van der Waals surface area contributed by atoms with Crippen molar-refractivity contribution in [1.29, 1.82) is 0 Å². The van der Waals surface area contributed by atoms with Gasteiger partial charge in [-0.1, -0.05) is 173 Å². The smallest absolute Gasteiger partial charge is 0.150 e. The summed E-state index contributed by atoms with van der Waals surface area (Å²) < 4.78 is 12.4. The molecule has 0 amide bonds. The van der Waals surface area contributed by atoms with Crippen molar-refractivity contribution in [2.75, 3.05) is 13.2 Å². The Morgan fingerprint density at radius 2 is 0.867 bits per heavy atom. The minimum atomic E-state index is 0.701. The summed E-state index contributed by atoms with van der Waals surface area (Å²) >= 11 is 0. The molecule has 0 heterocycles. The van der Waals surface area contributed by atoms with Crippen LogP contribution in [0.5, 0.6) is 11.5 Å². The van der Waals surface area contributed by atoms with Crippen LogP contribution in [0.1, 0.15) is 174 Å². The third-order valence-corrected chi connectivity index (χ3v) is 8.76. The zero-order valence-corrected chi connectivity index (χ0v) is 29.6. The van der Waals surface area contributed by atoms with Crippen LogP contribution in [0.3, 0.4) is 0 Å². The molecule has 0 saturated heterocycles. The molecule has 254 valence electrons. The van der Waals surface area contributed by atoms with Crippen LogP contribution in [0, 0.1) is 6.92 Å². The molecule has 2 rings (SSSR count). The van der Waals surface area contributed by atoms with Crippen molar-refractivity contribution < 1.29 is 9.47 Å². The van der Waals surface area contributed by atoms with Crippen molar-refractivity contribution in [3.05, 3.63) is 48.0 Å². The molecular weight excluding hydrogens is 552 g/mol. The molecule has 0 aliphatic rings. The zero-order valence-electron chi connectivity index (χ0n) is 29.6. The SMILES string of the molecule is CCCCCCCCCCCCCCOc1ccc(N=Nc2ccc(C)cc2)c(OCCCCCCCCCCCCCC)c1. The first-order valence-electron chi connectivity index (χ1n) is 19.1. The lowest BCUT2D eigenvalue weighted by Crippen LogP contribution is -2.00. The van der Waals surface area contributed by atoms with Gasteiger partial charge in [-0.05, 0) is 44.0 Å². The first-order chi connectivity index (χ1) is 22.2. The number of unbranched alkanes of at least 4 members (excludes halogenated alkanes) is 22. The van der Waals surface area contributed by atoms with Crippen LogP contribution in [0.4, 0.5) is 11.4 Å². The summed E-state index contributed by atoms with van der Waals surface area (Å²) in [7, 11) is 0. The molecule has 2 aromatic rings. The molecule has 2 aromatic carbocycles. The molecular formula is C41H68N2O2. The van der Waals surface area contributed by atoms with E-state index < -0.39 is 0 Å². The summed E-state index contributed by atoms with van der Waals surface area (Å²) in [4.78, 5) is 0. The van der Waals surface area contributed by atoms with Gasteiger partial charge >= 0.3 is 0 Å². The van der Waals surface area contributed by atoms with E-state index in [1.807, 2.05) is 30.3 Å². The van der Waals surface area contributed by atoms with E-state index in [1.54, 1.807) is 0 Å². The van der Waals surface area contributed by atoms with Crippen molar-refractivity contribution in [2.45, 2.75) is 175 Å². The summed E-state index contributed by atoms with van der Waals surface area (Å²) in [6.45, 7) is 8.11. The van der Waals surface area contributed by atoms with Crippen molar-refractivity contribution >= 4 is 11.4 Å². The van der Waals surface area contributed by atoms with Gasteiger partial charge in [0.15, 0.2) is 0 Å². The monoisotopic (exact) mass is 621 g/mol. The van der Waals surface area contributed by atoms with Crippen molar-refractivity contribution in [3.63, 3.8) is 0 Å². The van der Waals surface area contributed by atoms with Gasteiger partial charge in [0.1, 0.15) is 17.2 Å². The van der Waals surface area contributed by atoms with Crippen LogP contribution in [-0.2, 0) is 0 Å². The van der Waals surface area contributed by atoms with Gasteiger partial charge in [0.05, 0.1) is 18.9 Å².